The van der Waals surface area contributed by atoms with Crippen LogP contribution in [-0.2, 0) is 0 Å². The molecule has 4 nitrogen and oxygen atoms in total. The molecule has 2 N–H and O–H groups in total. The molecule has 0 saturated carbocycles. The van der Waals surface area contributed by atoms with Gasteiger partial charge < -0.3 is 10.6 Å². The quantitative estimate of drug-likeness (QED) is 0.827. The molecule has 1 aromatic heterocycles. The van der Waals surface area contributed by atoms with Gasteiger partial charge in [-0.3, -0.25) is 0 Å². The van der Waals surface area contributed by atoms with E-state index in [2.05, 4.69) is 55.2 Å². The van der Waals surface area contributed by atoms with Gasteiger partial charge in [-0.05, 0) is 17.8 Å². The Hall–Kier alpha value is -1.03. The van der Waals surface area contributed by atoms with Crippen molar-refractivity contribution in [3.8, 4) is 0 Å². The number of nitrogens with zero attached hydrogens (tertiary/aromatic N) is 2. The Kier molecular flexibility index (Phi) is 5.85. The highest BCUT2D eigenvalue weighted by Crippen LogP contribution is 2.26. The van der Waals surface area contributed by atoms with Gasteiger partial charge >= 0.3 is 0 Å². The maximum atomic E-state index is 6.11. The van der Waals surface area contributed by atoms with Crippen molar-refractivity contribution in [1.29, 1.82) is 0 Å². The van der Waals surface area contributed by atoms with Crippen molar-refractivity contribution >= 4 is 23.4 Å². The van der Waals surface area contributed by atoms with E-state index in [1.807, 2.05) is 0 Å². The summed E-state index contributed by atoms with van der Waals surface area (Å²) in [6.45, 7) is 12.7. The summed E-state index contributed by atoms with van der Waals surface area (Å²) < 4.78 is 0. The van der Waals surface area contributed by atoms with Crippen molar-refractivity contribution in [2.24, 2.45) is 11.3 Å². The van der Waals surface area contributed by atoms with Crippen LogP contribution in [0.4, 0.5) is 11.8 Å². The van der Waals surface area contributed by atoms with Crippen molar-refractivity contribution in [3.63, 3.8) is 0 Å². The Morgan fingerprint density at radius 1 is 1.32 bits per heavy atom. The smallest absolute Gasteiger partial charge is 0.224 e. The Morgan fingerprint density at radius 3 is 2.58 bits per heavy atom. The van der Waals surface area contributed by atoms with Gasteiger partial charge in [-0.15, -0.1) is 0 Å². The van der Waals surface area contributed by atoms with E-state index in [0.29, 0.717) is 22.7 Å². The molecule has 0 bridgehead atoms. The van der Waals surface area contributed by atoms with Crippen molar-refractivity contribution in [1.82, 2.24) is 9.97 Å². The van der Waals surface area contributed by atoms with Gasteiger partial charge in [-0.25, -0.2) is 4.98 Å². The molecule has 0 spiro atoms. The van der Waals surface area contributed by atoms with Gasteiger partial charge in [0, 0.05) is 13.1 Å². The number of rotatable bonds is 6. The number of aromatic nitrogens is 2. The second-order valence-corrected chi connectivity index (χ2v) is 6.37. The molecule has 19 heavy (non-hydrogen) atoms. The summed E-state index contributed by atoms with van der Waals surface area (Å²) in [7, 11) is 0. The third-order valence-electron chi connectivity index (χ3n) is 3.33. The summed E-state index contributed by atoms with van der Waals surface area (Å²) in [5, 5.41) is 7.03. The predicted molar refractivity (Wildman–Crippen MR) is 82.9 cm³/mol. The SMILES string of the molecule is CCCNc1ncc(Cl)c(NCC(C)C(C)(C)C)n1. The third kappa shape index (κ3) is 5.23. The average molecular weight is 285 g/mol. The molecule has 0 aromatic carbocycles. The highest BCUT2D eigenvalue weighted by molar-refractivity contribution is 6.32. The lowest BCUT2D eigenvalue weighted by atomic mass is 9.82. The molecule has 108 valence electrons. The van der Waals surface area contributed by atoms with E-state index in [-0.39, 0.29) is 5.41 Å². The first-order valence-electron chi connectivity index (χ1n) is 6.85. The Bertz CT molecular complexity index is 401. The van der Waals surface area contributed by atoms with Crippen LogP contribution in [-0.4, -0.2) is 23.1 Å². The summed E-state index contributed by atoms with van der Waals surface area (Å²) in [4.78, 5) is 8.56. The maximum absolute atomic E-state index is 6.11. The second-order valence-electron chi connectivity index (χ2n) is 5.96. The summed E-state index contributed by atoms with van der Waals surface area (Å²) >= 11 is 6.11. The first kappa shape index (κ1) is 16.0. The zero-order valence-corrected chi connectivity index (χ0v) is 13.3. The average Bonchev–Trinajstić information content (AvgIpc) is 2.34. The van der Waals surface area contributed by atoms with Gasteiger partial charge in [0.2, 0.25) is 5.95 Å². The zero-order chi connectivity index (χ0) is 14.5. The van der Waals surface area contributed by atoms with E-state index < -0.39 is 0 Å². The number of anilines is 2. The number of nitrogens with one attached hydrogen (secondary N) is 2. The van der Waals surface area contributed by atoms with Crippen LogP contribution in [0.1, 0.15) is 41.0 Å². The zero-order valence-electron chi connectivity index (χ0n) is 12.5. The molecule has 0 aliphatic rings. The molecular weight excluding hydrogens is 260 g/mol. The van der Waals surface area contributed by atoms with E-state index >= 15 is 0 Å². The highest BCUT2D eigenvalue weighted by atomic mass is 35.5. The van der Waals surface area contributed by atoms with Crippen molar-refractivity contribution in [2.75, 3.05) is 23.7 Å². The van der Waals surface area contributed by atoms with Crippen LogP contribution in [0.2, 0.25) is 5.02 Å². The minimum Gasteiger partial charge on any atom is -0.368 e. The minimum atomic E-state index is 0.260. The van der Waals surface area contributed by atoms with Crippen LogP contribution in [0.25, 0.3) is 0 Å². The summed E-state index contributed by atoms with van der Waals surface area (Å²) in [6.07, 6.45) is 2.67. The van der Waals surface area contributed by atoms with Crippen LogP contribution in [0.5, 0.6) is 0 Å². The van der Waals surface area contributed by atoms with Gasteiger partial charge in [-0.1, -0.05) is 46.2 Å². The van der Waals surface area contributed by atoms with Crippen molar-refractivity contribution < 1.29 is 0 Å². The van der Waals surface area contributed by atoms with E-state index in [4.69, 9.17) is 11.6 Å². The minimum absolute atomic E-state index is 0.260. The lowest BCUT2D eigenvalue weighted by Crippen LogP contribution is -2.25. The Morgan fingerprint density at radius 2 is 2.00 bits per heavy atom. The van der Waals surface area contributed by atoms with Gasteiger partial charge in [0.25, 0.3) is 0 Å². The molecule has 1 unspecified atom stereocenters. The fourth-order valence-corrected chi connectivity index (χ4v) is 1.53. The summed E-state index contributed by atoms with van der Waals surface area (Å²) in [5.74, 6) is 1.84. The predicted octanol–water partition coefficient (Wildman–Crippen LogP) is 4.05. The molecule has 0 saturated heterocycles. The molecule has 0 aliphatic carbocycles. The standard InChI is InChI=1S/C14H25ClN4/c1-6-7-16-13-18-9-11(15)12(19-13)17-8-10(2)14(3,4)5/h9-10H,6-8H2,1-5H3,(H2,16,17,18,19). The van der Waals surface area contributed by atoms with Crippen LogP contribution in [0.3, 0.4) is 0 Å². The fourth-order valence-electron chi connectivity index (χ4n) is 1.37. The summed E-state index contributed by atoms with van der Waals surface area (Å²) in [5.41, 5.74) is 0.260. The number of hydrogen-bond donors (Lipinski definition) is 2. The normalized spacial score (nSPS) is 13.2. The van der Waals surface area contributed by atoms with E-state index in [9.17, 15) is 0 Å². The molecule has 1 aromatic rings. The van der Waals surface area contributed by atoms with Gasteiger partial charge in [0.05, 0.1) is 6.20 Å². The fraction of sp³-hybridized carbons (Fsp3) is 0.714. The van der Waals surface area contributed by atoms with Crippen LogP contribution >= 0.6 is 11.6 Å². The number of hydrogen-bond acceptors (Lipinski definition) is 4. The first-order valence-corrected chi connectivity index (χ1v) is 7.22. The monoisotopic (exact) mass is 284 g/mol. The third-order valence-corrected chi connectivity index (χ3v) is 3.61. The van der Waals surface area contributed by atoms with Gasteiger partial charge in [0.1, 0.15) is 10.8 Å². The highest BCUT2D eigenvalue weighted by Gasteiger charge is 2.20. The number of halogens is 1. The van der Waals surface area contributed by atoms with E-state index in [0.717, 1.165) is 19.5 Å². The molecule has 1 atom stereocenters. The molecule has 5 heteroatoms. The van der Waals surface area contributed by atoms with Crippen molar-refractivity contribution in [3.05, 3.63) is 11.2 Å². The Balaban J connectivity index is 2.66. The van der Waals surface area contributed by atoms with E-state index in [1.165, 1.54) is 0 Å². The Labute approximate surface area is 121 Å². The van der Waals surface area contributed by atoms with Gasteiger partial charge in [0.15, 0.2) is 0 Å². The first-order chi connectivity index (χ1) is 8.84. The summed E-state index contributed by atoms with van der Waals surface area (Å²) in [6, 6.07) is 0. The maximum Gasteiger partial charge on any atom is 0.224 e. The second kappa shape index (κ2) is 6.94. The molecule has 1 rings (SSSR count). The largest absolute Gasteiger partial charge is 0.368 e. The molecule has 0 amide bonds. The molecule has 0 radical (unpaired) electrons. The van der Waals surface area contributed by atoms with Crippen LogP contribution in [0.15, 0.2) is 6.20 Å². The molecule has 0 fully saturated rings. The molecule has 0 aliphatic heterocycles. The van der Waals surface area contributed by atoms with Crippen molar-refractivity contribution in [2.45, 2.75) is 41.0 Å². The molecule has 1 heterocycles. The van der Waals surface area contributed by atoms with E-state index in [1.54, 1.807) is 6.20 Å². The van der Waals surface area contributed by atoms with Gasteiger partial charge in [-0.2, -0.15) is 4.98 Å². The molecular formula is C14H25ClN4. The van der Waals surface area contributed by atoms with Crippen LogP contribution < -0.4 is 10.6 Å². The van der Waals surface area contributed by atoms with Crippen LogP contribution in [0, 0.1) is 11.3 Å². The topological polar surface area (TPSA) is 49.8 Å². The lowest BCUT2D eigenvalue weighted by molar-refractivity contribution is 0.274. The lowest BCUT2D eigenvalue weighted by Gasteiger charge is -2.27.